The number of ether oxygens (including phenoxy) is 1. The van der Waals surface area contributed by atoms with Crippen LogP contribution in [0.15, 0.2) is 12.7 Å². The fraction of sp³-hybridized carbons (Fsp3) is 0.786. The van der Waals surface area contributed by atoms with Gasteiger partial charge in [0.15, 0.2) is 0 Å². The standard InChI is InChI=1S/C14H25NO3/c1-5-6-12(16)11-7-9-15(10-8-11)13(17)18-14(2,3)4/h5,11-12,16H,1,6-10H2,2-4H3/t12-/m1/s1. The van der Waals surface area contributed by atoms with Crippen LogP contribution in [-0.2, 0) is 4.74 Å². The molecule has 18 heavy (non-hydrogen) atoms. The summed E-state index contributed by atoms with van der Waals surface area (Å²) < 4.78 is 5.33. The maximum Gasteiger partial charge on any atom is 0.410 e. The van der Waals surface area contributed by atoms with Gasteiger partial charge in [-0.3, -0.25) is 0 Å². The normalized spacial score (nSPS) is 19.4. The lowest BCUT2D eigenvalue weighted by molar-refractivity contribution is 0.00833. The Labute approximate surface area is 110 Å². The van der Waals surface area contributed by atoms with E-state index in [1.54, 1.807) is 11.0 Å². The average Bonchev–Trinajstić information content (AvgIpc) is 2.27. The van der Waals surface area contributed by atoms with Crippen molar-refractivity contribution in [3.05, 3.63) is 12.7 Å². The smallest absolute Gasteiger partial charge is 0.410 e. The van der Waals surface area contributed by atoms with Crippen LogP contribution in [0.3, 0.4) is 0 Å². The van der Waals surface area contributed by atoms with Gasteiger partial charge < -0.3 is 14.7 Å². The Morgan fingerprint density at radius 2 is 2.06 bits per heavy atom. The minimum Gasteiger partial charge on any atom is -0.444 e. The summed E-state index contributed by atoms with van der Waals surface area (Å²) in [6.07, 6.45) is 3.44. The number of carbonyl (C=O) groups is 1. The summed E-state index contributed by atoms with van der Waals surface area (Å²) in [5, 5.41) is 9.88. The Morgan fingerprint density at radius 1 is 1.50 bits per heavy atom. The second-order valence-corrected chi connectivity index (χ2v) is 5.90. The highest BCUT2D eigenvalue weighted by Crippen LogP contribution is 2.23. The van der Waals surface area contributed by atoms with Crippen LogP contribution in [0.4, 0.5) is 4.79 Å². The maximum absolute atomic E-state index is 11.8. The molecule has 0 aliphatic carbocycles. The Kier molecular flexibility index (Phi) is 5.20. The molecule has 1 atom stereocenters. The van der Waals surface area contributed by atoms with Crippen LogP contribution in [-0.4, -0.2) is 40.9 Å². The fourth-order valence-electron chi connectivity index (χ4n) is 2.16. The zero-order valence-electron chi connectivity index (χ0n) is 11.7. The molecule has 0 aromatic carbocycles. The minimum atomic E-state index is -0.448. The molecule has 0 bridgehead atoms. The third kappa shape index (κ3) is 4.69. The van der Waals surface area contributed by atoms with E-state index < -0.39 is 5.60 Å². The molecular weight excluding hydrogens is 230 g/mol. The van der Waals surface area contributed by atoms with E-state index in [1.807, 2.05) is 20.8 Å². The molecule has 1 amide bonds. The number of rotatable bonds is 3. The monoisotopic (exact) mass is 255 g/mol. The van der Waals surface area contributed by atoms with Gasteiger partial charge in [0.25, 0.3) is 0 Å². The molecular formula is C14H25NO3. The molecule has 1 aliphatic heterocycles. The Bertz CT molecular complexity index is 288. The third-order valence-corrected chi connectivity index (χ3v) is 3.14. The molecule has 0 saturated carbocycles. The van der Waals surface area contributed by atoms with Gasteiger partial charge in [0.2, 0.25) is 0 Å². The number of carbonyl (C=O) groups excluding carboxylic acids is 1. The fourth-order valence-corrected chi connectivity index (χ4v) is 2.16. The molecule has 0 aromatic rings. The molecule has 4 heteroatoms. The number of amides is 1. The second kappa shape index (κ2) is 6.23. The van der Waals surface area contributed by atoms with Crippen LogP contribution in [0.5, 0.6) is 0 Å². The summed E-state index contributed by atoms with van der Waals surface area (Å²) in [4.78, 5) is 13.6. The van der Waals surface area contributed by atoms with Crippen LogP contribution in [0.2, 0.25) is 0 Å². The number of nitrogens with zero attached hydrogens (tertiary/aromatic N) is 1. The predicted octanol–water partition coefficient (Wildman–Crippen LogP) is 2.57. The molecule has 0 radical (unpaired) electrons. The number of aliphatic hydroxyl groups excluding tert-OH is 1. The van der Waals surface area contributed by atoms with Gasteiger partial charge in [0.05, 0.1) is 6.10 Å². The van der Waals surface area contributed by atoms with Gasteiger partial charge in [0.1, 0.15) is 5.60 Å². The Hall–Kier alpha value is -1.03. The summed E-state index contributed by atoms with van der Waals surface area (Å²) >= 11 is 0. The average molecular weight is 255 g/mol. The van der Waals surface area contributed by atoms with Crippen molar-refractivity contribution < 1.29 is 14.6 Å². The number of hydrogen-bond acceptors (Lipinski definition) is 3. The van der Waals surface area contributed by atoms with E-state index in [4.69, 9.17) is 4.74 Å². The van der Waals surface area contributed by atoms with E-state index in [2.05, 4.69) is 6.58 Å². The van der Waals surface area contributed by atoms with Gasteiger partial charge in [-0.15, -0.1) is 6.58 Å². The van der Waals surface area contributed by atoms with Crippen LogP contribution in [0, 0.1) is 5.92 Å². The van der Waals surface area contributed by atoms with Crippen LogP contribution in [0.25, 0.3) is 0 Å². The first-order chi connectivity index (χ1) is 8.33. The van der Waals surface area contributed by atoms with E-state index >= 15 is 0 Å². The molecule has 1 saturated heterocycles. The third-order valence-electron chi connectivity index (χ3n) is 3.14. The zero-order valence-corrected chi connectivity index (χ0v) is 11.7. The second-order valence-electron chi connectivity index (χ2n) is 5.90. The summed E-state index contributed by atoms with van der Waals surface area (Å²) in [6, 6.07) is 0. The van der Waals surface area contributed by atoms with Gasteiger partial charge in [-0.25, -0.2) is 4.79 Å². The summed E-state index contributed by atoms with van der Waals surface area (Å²) in [7, 11) is 0. The van der Waals surface area contributed by atoms with Crippen molar-refractivity contribution in [1.29, 1.82) is 0 Å². The lowest BCUT2D eigenvalue weighted by Gasteiger charge is -2.35. The van der Waals surface area contributed by atoms with E-state index in [0.717, 1.165) is 12.8 Å². The Balaban J connectivity index is 2.39. The summed E-state index contributed by atoms with van der Waals surface area (Å²) in [5.74, 6) is 0.265. The van der Waals surface area contributed by atoms with Crippen molar-refractivity contribution in [1.82, 2.24) is 4.90 Å². The molecule has 1 rings (SSSR count). The van der Waals surface area contributed by atoms with E-state index in [1.165, 1.54) is 0 Å². The van der Waals surface area contributed by atoms with Crippen molar-refractivity contribution in [3.8, 4) is 0 Å². The first-order valence-electron chi connectivity index (χ1n) is 6.60. The quantitative estimate of drug-likeness (QED) is 0.788. The topological polar surface area (TPSA) is 49.8 Å². The van der Waals surface area contributed by atoms with Crippen LogP contribution < -0.4 is 0 Å². The van der Waals surface area contributed by atoms with Crippen LogP contribution in [0.1, 0.15) is 40.0 Å². The first kappa shape index (κ1) is 15.0. The van der Waals surface area contributed by atoms with Gasteiger partial charge in [-0.05, 0) is 46.0 Å². The van der Waals surface area contributed by atoms with E-state index in [-0.39, 0.29) is 18.1 Å². The molecule has 4 nitrogen and oxygen atoms in total. The van der Waals surface area contributed by atoms with E-state index in [0.29, 0.717) is 19.5 Å². The summed E-state index contributed by atoms with van der Waals surface area (Å²) in [5.41, 5.74) is -0.448. The lowest BCUT2D eigenvalue weighted by atomic mass is 9.90. The van der Waals surface area contributed by atoms with Crippen molar-refractivity contribution in [3.63, 3.8) is 0 Å². The number of piperidine rings is 1. The van der Waals surface area contributed by atoms with Crippen LogP contribution >= 0.6 is 0 Å². The van der Waals surface area contributed by atoms with Crippen molar-refractivity contribution >= 4 is 6.09 Å². The van der Waals surface area contributed by atoms with Gasteiger partial charge in [0, 0.05) is 13.1 Å². The minimum absolute atomic E-state index is 0.251. The predicted molar refractivity (Wildman–Crippen MR) is 71.4 cm³/mol. The largest absolute Gasteiger partial charge is 0.444 e. The molecule has 0 unspecified atom stereocenters. The maximum atomic E-state index is 11.8. The van der Waals surface area contributed by atoms with Gasteiger partial charge in [-0.1, -0.05) is 6.08 Å². The SMILES string of the molecule is C=CC[C@@H](O)C1CCN(C(=O)OC(C)(C)C)CC1. The molecule has 1 fully saturated rings. The Morgan fingerprint density at radius 3 is 2.50 bits per heavy atom. The van der Waals surface area contributed by atoms with Gasteiger partial charge in [-0.2, -0.15) is 0 Å². The van der Waals surface area contributed by atoms with Crippen molar-refractivity contribution in [2.75, 3.05) is 13.1 Å². The van der Waals surface area contributed by atoms with Crippen molar-refractivity contribution in [2.24, 2.45) is 5.92 Å². The molecule has 1 aliphatic rings. The molecule has 0 spiro atoms. The molecule has 1 N–H and O–H groups in total. The lowest BCUT2D eigenvalue weighted by Crippen LogP contribution is -2.43. The number of hydrogen-bond donors (Lipinski definition) is 1. The van der Waals surface area contributed by atoms with Gasteiger partial charge >= 0.3 is 6.09 Å². The number of aliphatic hydroxyl groups is 1. The first-order valence-corrected chi connectivity index (χ1v) is 6.60. The van der Waals surface area contributed by atoms with E-state index in [9.17, 15) is 9.90 Å². The molecule has 0 aromatic heterocycles. The van der Waals surface area contributed by atoms with Crippen molar-refractivity contribution in [2.45, 2.75) is 51.7 Å². The highest BCUT2D eigenvalue weighted by Gasteiger charge is 2.29. The summed E-state index contributed by atoms with van der Waals surface area (Å²) in [6.45, 7) is 10.6. The number of likely N-dealkylation sites (tertiary alicyclic amines) is 1. The molecule has 104 valence electrons. The molecule has 1 heterocycles. The highest BCUT2D eigenvalue weighted by atomic mass is 16.6. The highest BCUT2D eigenvalue weighted by molar-refractivity contribution is 5.68. The zero-order chi connectivity index (χ0) is 13.8.